The van der Waals surface area contributed by atoms with Gasteiger partial charge in [0, 0.05) is 12.1 Å². The van der Waals surface area contributed by atoms with E-state index in [1.807, 2.05) is 54.6 Å². The third-order valence-corrected chi connectivity index (χ3v) is 4.15. The molecule has 0 amide bonds. The van der Waals surface area contributed by atoms with Gasteiger partial charge < -0.3 is 9.47 Å². The maximum Gasteiger partial charge on any atom is 0.216 e. The standard InChI is InChI=1S/C22H18FNO3/c1-15-7-10-19(13-20(15)23)26-22-14-21(27-24-22)16-8-11-18(12-9-16)25-17-5-3-2-4-6-17/h2-14,21,24H,1H3/t21-/m0/s1. The number of para-hydroxylation sites is 1. The first-order valence-corrected chi connectivity index (χ1v) is 8.58. The molecule has 1 N–H and O–H groups in total. The quantitative estimate of drug-likeness (QED) is 0.657. The van der Waals surface area contributed by atoms with Gasteiger partial charge >= 0.3 is 0 Å². The van der Waals surface area contributed by atoms with Crippen LogP contribution in [0.5, 0.6) is 17.2 Å². The molecule has 0 saturated heterocycles. The molecule has 0 saturated carbocycles. The van der Waals surface area contributed by atoms with Crippen LogP contribution in [0.3, 0.4) is 0 Å². The SMILES string of the molecule is Cc1ccc(OC2=C[C@@H](c3ccc(Oc4ccccc4)cc3)ON2)cc1F. The molecule has 1 atom stereocenters. The summed E-state index contributed by atoms with van der Waals surface area (Å²) in [6.07, 6.45) is 1.49. The van der Waals surface area contributed by atoms with Crippen LogP contribution in [-0.4, -0.2) is 0 Å². The monoisotopic (exact) mass is 363 g/mol. The molecule has 0 spiro atoms. The van der Waals surface area contributed by atoms with E-state index in [2.05, 4.69) is 5.48 Å². The Morgan fingerprint density at radius 1 is 0.852 bits per heavy atom. The molecule has 0 aromatic heterocycles. The minimum Gasteiger partial charge on any atom is -0.457 e. The van der Waals surface area contributed by atoms with Crippen LogP contribution in [0.1, 0.15) is 17.2 Å². The molecule has 136 valence electrons. The number of aryl methyl sites for hydroxylation is 1. The van der Waals surface area contributed by atoms with Crippen molar-refractivity contribution in [2.45, 2.75) is 13.0 Å². The van der Waals surface area contributed by atoms with Gasteiger partial charge in [0.25, 0.3) is 0 Å². The summed E-state index contributed by atoms with van der Waals surface area (Å²) in [4.78, 5) is 5.53. The number of ether oxygens (including phenoxy) is 2. The fourth-order valence-electron chi connectivity index (χ4n) is 2.66. The van der Waals surface area contributed by atoms with Crippen molar-refractivity contribution in [1.82, 2.24) is 5.48 Å². The summed E-state index contributed by atoms with van der Waals surface area (Å²) in [5.74, 6) is 2.05. The Bertz CT molecular complexity index is 955. The van der Waals surface area contributed by atoms with Crippen molar-refractivity contribution >= 4 is 0 Å². The minimum absolute atomic E-state index is 0.305. The second-order valence-corrected chi connectivity index (χ2v) is 6.17. The molecule has 1 heterocycles. The first-order chi connectivity index (χ1) is 13.2. The maximum atomic E-state index is 13.6. The van der Waals surface area contributed by atoms with E-state index < -0.39 is 0 Å². The van der Waals surface area contributed by atoms with Crippen molar-refractivity contribution in [3.05, 3.63) is 102 Å². The molecule has 3 aromatic carbocycles. The zero-order valence-electron chi connectivity index (χ0n) is 14.7. The van der Waals surface area contributed by atoms with Crippen molar-refractivity contribution < 1.29 is 18.7 Å². The van der Waals surface area contributed by atoms with Gasteiger partial charge in [-0.2, -0.15) is 0 Å². The highest BCUT2D eigenvalue weighted by Gasteiger charge is 2.20. The Morgan fingerprint density at radius 3 is 2.30 bits per heavy atom. The lowest BCUT2D eigenvalue weighted by molar-refractivity contribution is 0.0273. The Kier molecular flexibility index (Phi) is 4.77. The van der Waals surface area contributed by atoms with E-state index in [1.165, 1.54) is 6.07 Å². The van der Waals surface area contributed by atoms with E-state index in [1.54, 1.807) is 25.1 Å². The van der Waals surface area contributed by atoms with Gasteiger partial charge in [-0.15, -0.1) is 0 Å². The highest BCUT2D eigenvalue weighted by molar-refractivity contribution is 5.35. The molecular formula is C22H18FNO3. The van der Waals surface area contributed by atoms with Gasteiger partial charge in [-0.1, -0.05) is 36.4 Å². The molecule has 3 aromatic rings. The zero-order valence-corrected chi connectivity index (χ0v) is 14.7. The maximum absolute atomic E-state index is 13.6. The lowest BCUT2D eigenvalue weighted by Gasteiger charge is -2.09. The molecule has 27 heavy (non-hydrogen) atoms. The molecule has 1 aliphatic rings. The van der Waals surface area contributed by atoms with E-state index in [4.69, 9.17) is 14.3 Å². The van der Waals surface area contributed by atoms with Crippen LogP contribution in [0.4, 0.5) is 4.39 Å². The van der Waals surface area contributed by atoms with E-state index in [0.29, 0.717) is 17.2 Å². The average molecular weight is 363 g/mol. The Hall–Kier alpha value is -3.31. The van der Waals surface area contributed by atoms with Crippen LogP contribution < -0.4 is 15.0 Å². The molecule has 4 rings (SSSR count). The largest absolute Gasteiger partial charge is 0.457 e. The molecule has 4 nitrogen and oxygen atoms in total. The van der Waals surface area contributed by atoms with Gasteiger partial charge in [0.2, 0.25) is 5.88 Å². The lowest BCUT2D eigenvalue weighted by atomic mass is 10.1. The number of nitrogens with one attached hydrogen (secondary N) is 1. The minimum atomic E-state index is -0.308. The van der Waals surface area contributed by atoms with Crippen LogP contribution in [-0.2, 0) is 4.84 Å². The highest BCUT2D eigenvalue weighted by Crippen LogP contribution is 2.29. The molecule has 0 aliphatic carbocycles. The number of hydroxylamine groups is 1. The second kappa shape index (κ2) is 7.51. The summed E-state index contributed by atoms with van der Waals surface area (Å²) in [5, 5.41) is 0. The fourth-order valence-corrected chi connectivity index (χ4v) is 2.66. The van der Waals surface area contributed by atoms with Crippen LogP contribution in [0.25, 0.3) is 0 Å². The molecule has 0 bridgehead atoms. The van der Waals surface area contributed by atoms with Crippen LogP contribution in [0, 0.1) is 12.7 Å². The fraction of sp³-hybridized carbons (Fsp3) is 0.0909. The van der Waals surface area contributed by atoms with Crippen LogP contribution in [0.2, 0.25) is 0 Å². The third-order valence-electron chi connectivity index (χ3n) is 4.15. The van der Waals surface area contributed by atoms with Crippen molar-refractivity contribution in [2.24, 2.45) is 0 Å². The predicted octanol–water partition coefficient (Wildman–Crippen LogP) is 5.42. The van der Waals surface area contributed by atoms with Gasteiger partial charge in [-0.25, -0.2) is 9.87 Å². The second-order valence-electron chi connectivity index (χ2n) is 6.17. The Balaban J connectivity index is 1.42. The number of halogens is 1. The summed E-state index contributed by atoms with van der Waals surface area (Å²) < 4.78 is 25.0. The zero-order chi connectivity index (χ0) is 18.6. The van der Waals surface area contributed by atoms with Gasteiger partial charge in [0.05, 0.1) is 0 Å². The number of benzene rings is 3. The average Bonchev–Trinajstić information content (AvgIpc) is 3.15. The van der Waals surface area contributed by atoms with E-state index in [9.17, 15) is 4.39 Å². The van der Waals surface area contributed by atoms with Gasteiger partial charge in [0.15, 0.2) is 0 Å². The Labute approximate surface area is 156 Å². The number of hydrogen-bond acceptors (Lipinski definition) is 4. The topological polar surface area (TPSA) is 39.7 Å². The lowest BCUT2D eigenvalue weighted by Crippen LogP contribution is -2.12. The van der Waals surface area contributed by atoms with Crippen LogP contribution in [0.15, 0.2) is 84.8 Å². The van der Waals surface area contributed by atoms with Gasteiger partial charge in [-0.05, 0) is 48.4 Å². The summed E-state index contributed by atoms with van der Waals surface area (Å²) >= 11 is 0. The normalized spacial score (nSPS) is 15.8. The molecule has 0 fully saturated rings. The van der Waals surface area contributed by atoms with Crippen molar-refractivity contribution in [3.8, 4) is 17.2 Å². The van der Waals surface area contributed by atoms with Crippen LogP contribution >= 0.6 is 0 Å². The number of rotatable bonds is 5. The van der Waals surface area contributed by atoms with Crippen molar-refractivity contribution in [1.29, 1.82) is 0 Å². The van der Waals surface area contributed by atoms with Gasteiger partial charge in [-0.3, -0.25) is 4.84 Å². The summed E-state index contributed by atoms with van der Waals surface area (Å²) in [5.41, 5.74) is 4.24. The highest BCUT2D eigenvalue weighted by atomic mass is 19.1. The summed E-state index contributed by atoms with van der Waals surface area (Å²) in [6.45, 7) is 1.70. The molecule has 5 heteroatoms. The van der Waals surface area contributed by atoms with Crippen molar-refractivity contribution in [2.75, 3.05) is 0 Å². The summed E-state index contributed by atoms with van der Waals surface area (Å²) in [7, 11) is 0. The first kappa shape index (κ1) is 17.1. The van der Waals surface area contributed by atoms with E-state index in [-0.39, 0.29) is 11.9 Å². The molecule has 0 radical (unpaired) electrons. The van der Waals surface area contributed by atoms with Crippen molar-refractivity contribution in [3.63, 3.8) is 0 Å². The Morgan fingerprint density at radius 2 is 1.56 bits per heavy atom. The van der Waals surface area contributed by atoms with E-state index >= 15 is 0 Å². The van der Waals surface area contributed by atoms with Gasteiger partial charge in [0.1, 0.15) is 29.2 Å². The molecular weight excluding hydrogens is 345 g/mol. The molecule has 0 unspecified atom stereocenters. The van der Waals surface area contributed by atoms with E-state index in [0.717, 1.165) is 17.1 Å². The third kappa shape index (κ3) is 4.10. The predicted molar refractivity (Wildman–Crippen MR) is 99.8 cm³/mol. The smallest absolute Gasteiger partial charge is 0.216 e. The number of hydrogen-bond donors (Lipinski definition) is 1. The molecule has 1 aliphatic heterocycles. The summed E-state index contributed by atoms with van der Waals surface area (Å²) in [6, 6.07) is 21.9. The first-order valence-electron chi connectivity index (χ1n) is 8.58.